The molecule has 2 aromatic carbocycles. The minimum absolute atomic E-state index is 0.0695. The van der Waals surface area contributed by atoms with Gasteiger partial charge in [-0.05, 0) is 42.4 Å². The van der Waals surface area contributed by atoms with E-state index in [-0.39, 0.29) is 34.2 Å². The predicted octanol–water partition coefficient (Wildman–Crippen LogP) is 5.73. The summed E-state index contributed by atoms with van der Waals surface area (Å²) in [5, 5.41) is 12.0. The van der Waals surface area contributed by atoms with Gasteiger partial charge >= 0.3 is 18.4 Å². The Kier molecular flexibility index (Phi) is 9.58. The van der Waals surface area contributed by atoms with E-state index in [2.05, 4.69) is 15.0 Å². The Morgan fingerprint density at radius 2 is 1.81 bits per heavy atom. The van der Waals surface area contributed by atoms with Crippen LogP contribution < -0.4 is 10.1 Å². The van der Waals surface area contributed by atoms with Gasteiger partial charge in [-0.15, -0.1) is 13.2 Å². The molecular formula is C29H31F3N4O6S. The molecule has 1 aliphatic heterocycles. The number of carbonyl (C=O) groups excluding carboxylic acids is 2. The Bertz CT molecular complexity index is 1480. The number of benzene rings is 2. The molecule has 1 aliphatic rings. The van der Waals surface area contributed by atoms with Crippen LogP contribution in [0.1, 0.15) is 42.5 Å². The minimum atomic E-state index is -5.01. The van der Waals surface area contributed by atoms with Gasteiger partial charge in [0.1, 0.15) is 17.6 Å². The van der Waals surface area contributed by atoms with Crippen molar-refractivity contribution >= 4 is 29.7 Å². The minimum Gasteiger partial charge on any atom is -0.478 e. The maximum Gasteiger partial charge on any atom is 0.573 e. The summed E-state index contributed by atoms with van der Waals surface area (Å²) in [4.78, 5) is 46.4. The number of imidazole rings is 1. The number of halogens is 3. The number of aromatic carboxylic acids is 1. The molecule has 1 saturated heterocycles. The standard InChI is InChI=1S/C29H31F3N4O6S/c1-15(2)24(35-28(40)41-3)26(37)36-14-19(43-4)12-22(36)25-33-13-21(34-25)17-7-5-16(6-8-17)20-10-9-18(27(38)39)11-23(20)42-29(30,31)32/h5-11,13,15,19,22,24H,12,14H2,1-4H3,(H,33,34)(H,35,40)(H,38,39). The fourth-order valence-corrected chi connectivity index (χ4v) is 5.61. The zero-order valence-corrected chi connectivity index (χ0v) is 24.6. The molecular weight excluding hydrogens is 589 g/mol. The number of carboxylic acid groups (broad SMARTS) is 1. The van der Waals surface area contributed by atoms with Gasteiger partial charge in [-0.2, -0.15) is 11.8 Å². The number of H-pyrrole nitrogens is 1. The van der Waals surface area contributed by atoms with E-state index in [9.17, 15) is 32.7 Å². The molecule has 0 radical (unpaired) electrons. The summed E-state index contributed by atoms with van der Waals surface area (Å²) in [5.74, 6) is -1.87. The molecule has 3 atom stereocenters. The van der Waals surface area contributed by atoms with Crippen molar-refractivity contribution in [1.29, 1.82) is 0 Å². The van der Waals surface area contributed by atoms with Gasteiger partial charge < -0.3 is 29.8 Å². The number of carboxylic acids is 1. The number of methoxy groups -OCH3 is 1. The summed E-state index contributed by atoms with van der Waals surface area (Å²) in [7, 11) is 1.24. The normalized spacial score (nSPS) is 17.5. The van der Waals surface area contributed by atoms with E-state index < -0.39 is 30.2 Å². The van der Waals surface area contributed by atoms with Crippen molar-refractivity contribution in [3.8, 4) is 28.1 Å². The number of hydrogen-bond acceptors (Lipinski definition) is 7. The number of rotatable bonds is 9. The lowest BCUT2D eigenvalue weighted by Gasteiger charge is -2.30. The first-order valence-corrected chi connectivity index (χ1v) is 14.6. The van der Waals surface area contributed by atoms with E-state index in [0.717, 1.165) is 6.07 Å². The van der Waals surface area contributed by atoms with Crippen molar-refractivity contribution in [3.63, 3.8) is 0 Å². The third-order valence-electron chi connectivity index (χ3n) is 7.13. The van der Waals surface area contributed by atoms with Crippen LogP contribution in [0.15, 0.2) is 48.7 Å². The Balaban J connectivity index is 1.59. The number of nitrogens with zero attached hydrogens (tertiary/aromatic N) is 2. The van der Waals surface area contributed by atoms with Crippen LogP contribution in [0.2, 0.25) is 0 Å². The Hall–Kier alpha value is -4.20. The number of alkyl halides is 3. The molecule has 10 nitrogen and oxygen atoms in total. The number of likely N-dealkylation sites (tertiary alicyclic amines) is 1. The van der Waals surface area contributed by atoms with E-state index >= 15 is 0 Å². The zero-order chi connectivity index (χ0) is 31.5. The van der Waals surface area contributed by atoms with Gasteiger partial charge in [0.25, 0.3) is 0 Å². The molecule has 0 spiro atoms. The number of aromatic amines is 1. The number of amides is 2. The summed E-state index contributed by atoms with van der Waals surface area (Å²) >= 11 is 1.64. The van der Waals surface area contributed by atoms with E-state index in [1.165, 1.54) is 19.2 Å². The molecule has 2 heterocycles. The van der Waals surface area contributed by atoms with E-state index in [0.29, 0.717) is 35.6 Å². The quantitative estimate of drug-likeness (QED) is 0.276. The number of aromatic nitrogens is 2. The number of hydrogen-bond donors (Lipinski definition) is 3. The Labute approximate surface area is 250 Å². The average Bonchev–Trinajstić information content (AvgIpc) is 3.62. The average molecular weight is 621 g/mol. The van der Waals surface area contributed by atoms with Gasteiger partial charge in [-0.25, -0.2) is 14.6 Å². The Morgan fingerprint density at radius 1 is 1.14 bits per heavy atom. The number of nitrogens with one attached hydrogen (secondary N) is 2. The first-order valence-electron chi connectivity index (χ1n) is 13.3. The van der Waals surface area contributed by atoms with E-state index in [4.69, 9.17) is 9.72 Å². The second kappa shape index (κ2) is 13.0. The summed E-state index contributed by atoms with van der Waals surface area (Å²) in [6.45, 7) is 4.15. The molecule has 0 bridgehead atoms. The molecule has 3 N–H and O–H groups in total. The molecule has 1 fully saturated rings. The van der Waals surface area contributed by atoms with Gasteiger partial charge in [0.15, 0.2) is 0 Å². The van der Waals surface area contributed by atoms with Gasteiger partial charge in [-0.1, -0.05) is 38.1 Å². The van der Waals surface area contributed by atoms with Crippen LogP contribution in [0, 0.1) is 5.92 Å². The van der Waals surface area contributed by atoms with Crippen LogP contribution in [0.3, 0.4) is 0 Å². The van der Waals surface area contributed by atoms with Gasteiger partial charge in [0, 0.05) is 29.1 Å². The van der Waals surface area contributed by atoms with Crippen molar-refractivity contribution < 1.29 is 42.1 Å². The molecule has 4 rings (SSSR count). The SMILES string of the molecule is COC(=O)NC(C(=O)N1CC(SC)CC1c1nc(-c2ccc(-c3ccc(C(=O)O)cc3OC(F)(F)F)cc2)c[nH]1)C(C)C. The third-order valence-corrected chi connectivity index (χ3v) is 8.14. The highest BCUT2D eigenvalue weighted by Crippen LogP contribution is 2.38. The highest BCUT2D eigenvalue weighted by Gasteiger charge is 2.41. The lowest BCUT2D eigenvalue weighted by atomic mass is 10.0. The maximum absolute atomic E-state index is 13.6. The zero-order valence-electron chi connectivity index (χ0n) is 23.8. The second-order valence-corrected chi connectivity index (χ2v) is 11.4. The number of carbonyl (C=O) groups is 3. The van der Waals surface area contributed by atoms with Crippen LogP contribution in [-0.4, -0.2) is 75.5 Å². The summed E-state index contributed by atoms with van der Waals surface area (Å²) in [6, 6.07) is 8.68. The van der Waals surface area contributed by atoms with Crippen LogP contribution >= 0.6 is 11.8 Å². The topological polar surface area (TPSA) is 134 Å². The summed E-state index contributed by atoms with van der Waals surface area (Å²) in [6.07, 6.45) is -1.39. The van der Waals surface area contributed by atoms with Crippen molar-refractivity contribution in [3.05, 3.63) is 60.0 Å². The predicted molar refractivity (Wildman–Crippen MR) is 154 cm³/mol. The van der Waals surface area contributed by atoms with Gasteiger partial charge in [0.05, 0.1) is 24.4 Å². The fourth-order valence-electron chi connectivity index (χ4n) is 4.93. The van der Waals surface area contributed by atoms with E-state index in [1.54, 1.807) is 47.1 Å². The lowest BCUT2D eigenvalue weighted by molar-refractivity contribution is -0.274. The number of ether oxygens (including phenoxy) is 2. The molecule has 0 aliphatic carbocycles. The molecule has 3 aromatic rings. The molecule has 230 valence electrons. The molecule has 3 unspecified atom stereocenters. The second-order valence-electron chi connectivity index (χ2n) is 10.3. The van der Waals surface area contributed by atoms with Gasteiger partial charge in [-0.3, -0.25) is 4.79 Å². The van der Waals surface area contributed by atoms with Crippen LogP contribution in [0.4, 0.5) is 18.0 Å². The highest BCUT2D eigenvalue weighted by atomic mass is 32.2. The highest BCUT2D eigenvalue weighted by molar-refractivity contribution is 7.99. The summed E-state index contributed by atoms with van der Waals surface area (Å²) < 4.78 is 47.9. The van der Waals surface area contributed by atoms with Gasteiger partial charge in [0.2, 0.25) is 5.91 Å². The van der Waals surface area contributed by atoms with Crippen LogP contribution in [0.5, 0.6) is 5.75 Å². The van der Waals surface area contributed by atoms with Crippen molar-refractivity contribution in [2.75, 3.05) is 19.9 Å². The smallest absolute Gasteiger partial charge is 0.478 e. The summed E-state index contributed by atoms with van der Waals surface area (Å²) in [5.41, 5.74) is 1.33. The third kappa shape index (κ3) is 7.42. The van der Waals surface area contributed by atoms with E-state index in [1.807, 2.05) is 20.1 Å². The van der Waals surface area contributed by atoms with Crippen LogP contribution in [0.25, 0.3) is 22.4 Å². The first-order chi connectivity index (χ1) is 20.3. The van der Waals surface area contributed by atoms with Crippen molar-refractivity contribution in [2.45, 2.75) is 44.0 Å². The monoisotopic (exact) mass is 620 g/mol. The Morgan fingerprint density at radius 3 is 2.40 bits per heavy atom. The maximum atomic E-state index is 13.6. The fraction of sp³-hybridized carbons (Fsp3) is 0.379. The lowest BCUT2D eigenvalue weighted by Crippen LogP contribution is -2.51. The first kappa shape index (κ1) is 31.7. The van der Waals surface area contributed by atoms with Crippen LogP contribution in [-0.2, 0) is 9.53 Å². The molecule has 2 amide bonds. The van der Waals surface area contributed by atoms with Crippen molar-refractivity contribution in [2.24, 2.45) is 5.92 Å². The molecule has 0 saturated carbocycles. The molecule has 43 heavy (non-hydrogen) atoms. The number of thioether (sulfide) groups is 1. The number of alkyl carbamates (subject to hydrolysis) is 1. The van der Waals surface area contributed by atoms with Crippen molar-refractivity contribution in [1.82, 2.24) is 20.2 Å². The molecule has 14 heteroatoms. The largest absolute Gasteiger partial charge is 0.573 e. The molecule has 1 aromatic heterocycles.